The van der Waals surface area contributed by atoms with Gasteiger partial charge in [-0.05, 0) is 61.6 Å². The Kier molecular flexibility index (Phi) is 9.86. The number of benzene rings is 2. The van der Waals surface area contributed by atoms with Crippen LogP contribution in [0.4, 0.5) is 0 Å². The van der Waals surface area contributed by atoms with Gasteiger partial charge in [0.1, 0.15) is 11.8 Å². The number of nitrogens with one attached hydrogen (secondary N) is 1. The average molecular weight is 445 g/mol. The van der Waals surface area contributed by atoms with Crippen LogP contribution in [-0.4, -0.2) is 35.9 Å². The van der Waals surface area contributed by atoms with Gasteiger partial charge in [-0.25, -0.2) is 0 Å². The Balaban J connectivity index is 2.00. The van der Waals surface area contributed by atoms with Gasteiger partial charge in [-0.1, -0.05) is 49.7 Å². The third kappa shape index (κ3) is 8.25. The lowest BCUT2D eigenvalue weighted by Crippen LogP contribution is -2.48. The summed E-state index contributed by atoms with van der Waals surface area (Å²) in [7, 11) is 0. The first-order chi connectivity index (χ1) is 14.8. The third-order valence-corrected chi connectivity index (χ3v) is 5.32. The van der Waals surface area contributed by atoms with Crippen LogP contribution in [0.25, 0.3) is 0 Å². The Bertz CT molecular complexity index is 852. The molecule has 31 heavy (non-hydrogen) atoms. The Morgan fingerprint density at radius 3 is 2.39 bits per heavy atom. The van der Waals surface area contributed by atoms with E-state index in [0.29, 0.717) is 43.5 Å². The molecule has 6 heteroatoms. The van der Waals surface area contributed by atoms with E-state index in [1.165, 1.54) is 0 Å². The molecule has 2 aromatic rings. The highest BCUT2D eigenvalue weighted by molar-refractivity contribution is 6.30. The van der Waals surface area contributed by atoms with Gasteiger partial charge in [-0.3, -0.25) is 9.59 Å². The van der Waals surface area contributed by atoms with Crippen molar-refractivity contribution in [1.29, 1.82) is 0 Å². The molecule has 0 unspecified atom stereocenters. The molecule has 2 amide bonds. The van der Waals surface area contributed by atoms with Crippen LogP contribution in [0.3, 0.4) is 0 Å². The summed E-state index contributed by atoms with van der Waals surface area (Å²) in [5, 5.41) is 3.59. The zero-order valence-corrected chi connectivity index (χ0v) is 19.6. The number of hydrogen-bond acceptors (Lipinski definition) is 3. The number of carbonyl (C=O) groups excluding carboxylic acids is 2. The highest BCUT2D eigenvalue weighted by atomic mass is 35.5. The maximum absolute atomic E-state index is 13.1. The van der Waals surface area contributed by atoms with Gasteiger partial charge in [0.15, 0.2) is 0 Å². The molecular formula is C25H33ClN2O3. The van der Waals surface area contributed by atoms with Crippen molar-refractivity contribution in [2.75, 3.05) is 13.2 Å². The fourth-order valence-corrected chi connectivity index (χ4v) is 3.22. The fourth-order valence-electron chi connectivity index (χ4n) is 3.09. The van der Waals surface area contributed by atoms with Gasteiger partial charge in [0.05, 0.1) is 6.61 Å². The summed E-state index contributed by atoms with van der Waals surface area (Å²) in [6, 6.07) is 14.5. The third-order valence-electron chi connectivity index (χ3n) is 5.07. The Morgan fingerprint density at radius 2 is 1.74 bits per heavy atom. The van der Waals surface area contributed by atoms with Crippen molar-refractivity contribution in [3.8, 4) is 5.75 Å². The molecule has 0 spiro atoms. The molecule has 0 heterocycles. The second-order valence-electron chi connectivity index (χ2n) is 8.17. The predicted octanol–water partition coefficient (Wildman–Crippen LogP) is 5.00. The molecule has 2 rings (SSSR count). The SMILES string of the molecule is Cc1ccccc1CN(C(=O)CCCOc1ccc(Cl)cc1)[C@@H](C)C(=O)NCC(C)C. The minimum absolute atomic E-state index is 0.0600. The quantitative estimate of drug-likeness (QED) is 0.496. The van der Waals surface area contributed by atoms with Gasteiger partial charge in [-0.2, -0.15) is 0 Å². The summed E-state index contributed by atoms with van der Waals surface area (Å²) >= 11 is 5.88. The topological polar surface area (TPSA) is 58.6 Å². The van der Waals surface area contributed by atoms with Crippen molar-refractivity contribution in [2.45, 2.75) is 53.1 Å². The summed E-state index contributed by atoms with van der Waals surface area (Å²) in [5.41, 5.74) is 2.14. The molecule has 0 aromatic heterocycles. The number of aryl methyl sites for hydroxylation is 1. The number of rotatable bonds is 11. The summed E-state index contributed by atoms with van der Waals surface area (Å²) < 4.78 is 5.69. The van der Waals surface area contributed by atoms with Crippen molar-refractivity contribution in [2.24, 2.45) is 5.92 Å². The fraction of sp³-hybridized carbons (Fsp3) is 0.440. The number of halogens is 1. The molecule has 0 saturated carbocycles. The Labute approximate surface area is 190 Å². The molecule has 0 aliphatic rings. The van der Waals surface area contributed by atoms with E-state index in [4.69, 9.17) is 16.3 Å². The monoisotopic (exact) mass is 444 g/mol. The first-order valence-electron chi connectivity index (χ1n) is 10.8. The van der Waals surface area contributed by atoms with Gasteiger partial charge in [0, 0.05) is 24.5 Å². The van der Waals surface area contributed by atoms with E-state index in [2.05, 4.69) is 5.32 Å². The second kappa shape index (κ2) is 12.4. The van der Waals surface area contributed by atoms with Crippen LogP contribution in [0.2, 0.25) is 5.02 Å². The smallest absolute Gasteiger partial charge is 0.242 e. The maximum atomic E-state index is 13.1. The van der Waals surface area contributed by atoms with Gasteiger partial charge in [0.25, 0.3) is 0 Å². The van der Waals surface area contributed by atoms with Gasteiger partial charge >= 0.3 is 0 Å². The predicted molar refractivity (Wildman–Crippen MR) is 125 cm³/mol. The molecule has 0 aliphatic heterocycles. The summed E-state index contributed by atoms with van der Waals surface area (Å²) in [6.07, 6.45) is 0.868. The lowest BCUT2D eigenvalue weighted by Gasteiger charge is -2.29. The van der Waals surface area contributed by atoms with E-state index >= 15 is 0 Å². The molecule has 2 aromatic carbocycles. The molecule has 0 saturated heterocycles. The van der Waals surface area contributed by atoms with Crippen LogP contribution < -0.4 is 10.1 Å². The van der Waals surface area contributed by atoms with E-state index in [-0.39, 0.29) is 11.8 Å². The van der Waals surface area contributed by atoms with Gasteiger partial charge < -0.3 is 15.0 Å². The maximum Gasteiger partial charge on any atom is 0.242 e. The van der Waals surface area contributed by atoms with Crippen molar-refractivity contribution < 1.29 is 14.3 Å². The molecule has 0 fully saturated rings. The lowest BCUT2D eigenvalue weighted by atomic mass is 10.1. The summed E-state index contributed by atoms with van der Waals surface area (Å²) in [4.78, 5) is 27.4. The van der Waals surface area contributed by atoms with Crippen molar-refractivity contribution in [3.63, 3.8) is 0 Å². The zero-order valence-electron chi connectivity index (χ0n) is 18.9. The second-order valence-corrected chi connectivity index (χ2v) is 8.61. The van der Waals surface area contributed by atoms with Gasteiger partial charge in [0.2, 0.25) is 11.8 Å². The number of amides is 2. The van der Waals surface area contributed by atoms with Crippen LogP contribution in [0.5, 0.6) is 5.75 Å². The number of ether oxygens (including phenoxy) is 1. The summed E-state index contributed by atoms with van der Waals surface area (Å²) in [6.45, 7) is 9.30. The largest absolute Gasteiger partial charge is 0.494 e. The molecular weight excluding hydrogens is 412 g/mol. The Morgan fingerprint density at radius 1 is 1.06 bits per heavy atom. The standard InChI is InChI=1S/C25H33ClN2O3/c1-18(2)16-27-25(30)20(4)28(17-21-9-6-5-8-19(21)3)24(29)10-7-15-31-23-13-11-22(26)12-14-23/h5-6,8-9,11-14,18,20H,7,10,15-17H2,1-4H3,(H,27,30)/t20-/m0/s1. The molecule has 0 aliphatic carbocycles. The number of nitrogens with zero attached hydrogens (tertiary/aromatic N) is 1. The molecule has 5 nitrogen and oxygen atoms in total. The number of hydrogen-bond donors (Lipinski definition) is 1. The molecule has 0 bridgehead atoms. The van der Waals surface area contributed by atoms with Crippen molar-refractivity contribution in [1.82, 2.24) is 10.2 Å². The average Bonchev–Trinajstić information content (AvgIpc) is 2.75. The van der Waals surface area contributed by atoms with E-state index in [1.807, 2.05) is 45.0 Å². The van der Waals surface area contributed by atoms with E-state index in [9.17, 15) is 9.59 Å². The first kappa shape index (κ1) is 24.7. The molecule has 0 radical (unpaired) electrons. The zero-order chi connectivity index (χ0) is 22.8. The van der Waals surface area contributed by atoms with Crippen LogP contribution in [0.1, 0.15) is 44.7 Å². The van der Waals surface area contributed by atoms with E-state index in [0.717, 1.165) is 16.9 Å². The highest BCUT2D eigenvalue weighted by Crippen LogP contribution is 2.17. The molecule has 1 N–H and O–H groups in total. The molecule has 168 valence electrons. The van der Waals surface area contributed by atoms with Gasteiger partial charge in [-0.15, -0.1) is 0 Å². The van der Waals surface area contributed by atoms with Crippen LogP contribution in [0, 0.1) is 12.8 Å². The molecule has 1 atom stereocenters. The number of carbonyl (C=O) groups is 2. The lowest BCUT2D eigenvalue weighted by molar-refractivity contribution is -0.140. The highest BCUT2D eigenvalue weighted by Gasteiger charge is 2.26. The normalized spacial score (nSPS) is 11.8. The van der Waals surface area contributed by atoms with Crippen LogP contribution in [-0.2, 0) is 16.1 Å². The van der Waals surface area contributed by atoms with Crippen LogP contribution in [0.15, 0.2) is 48.5 Å². The van der Waals surface area contributed by atoms with Crippen molar-refractivity contribution >= 4 is 23.4 Å². The van der Waals surface area contributed by atoms with Crippen molar-refractivity contribution in [3.05, 3.63) is 64.7 Å². The first-order valence-corrected chi connectivity index (χ1v) is 11.2. The summed E-state index contributed by atoms with van der Waals surface area (Å²) in [5.74, 6) is 0.875. The van der Waals surface area contributed by atoms with E-state index in [1.54, 1.807) is 36.1 Å². The minimum atomic E-state index is -0.553. The van der Waals surface area contributed by atoms with E-state index < -0.39 is 6.04 Å². The Hall–Kier alpha value is -2.53. The minimum Gasteiger partial charge on any atom is -0.494 e. The van der Waals surface area contributed by atoms with Crippen LogP contribution >= 0.6 is 11.6 Å².